The van der Waals surface area contributed by atoms with E-state index in [1.807, 2.05) is 48.5 Å². The molecule has 0 radical (unpaired) electrons. The summed E-state index contributed by atoms with van der Waals surface area (Å²) in [7, 11) is 7.39. The van der Waals surface area contributed by atoms with E-state index in [4.69, 9.17) is 61.1 Å². The normalized spacial score (nSPS) is 10.2. The maximum absolute atomic E-state index is 8.58. The molecule has 0 amide bonds. The Labute approximate surface area is 499 Å². The molecule has 0 unspecified atom stereocenters. The average molecular weight is 1350 g/mol. The second-order valence-electron chi connectivity index (χ2n) is 16.1. The Balaban J connectivity index is 0.000000159. The molecule has 0 aliphatic rings. The summed E-state index contributed by atoms with van der Waals surface area (Å²) in [4.78, 5) is 8.29. The van der Waals surface area contributed by atoms with Crippen LogP contribution < -0.4 is 37.3 Å². The predicted molar refractivity (Wildman–Crippen MR) is 341 cm³/mol. The number of furan rings is 2. The van der Waals surface area contributed by atoms with Gasteiger partial charge < -0.3 is 18.9 Å². The molecule has 6 nitrogen and oxygen atoms in total. The molecule has 12 rings (SSSR count). The SMILES string of the molecule is C.Clc1ccnc2cc(-c3ccccc3)oc12.Clc1ccnc2cc(I)oc12.OB(O)c1ccccc1.[Cl][Pd][Cl].c1ccc(P(c2ccccc2)c2ccccc2)cc1.c1ccc(P(c2ccccc2)c2ccccc2)cc1. The van der Waals surface area contributed by atoms with E-state index in [1.54, 1.807) is 48.8 Å². The van der Waals surface area contributed by atoms with Crippen molar-refractivity contribution in [2.24, 2.45) is 0 Å². The van der Waals surface area contributed by atoms with Crippen molar-refractivity contribution < 1.29 is 34.8 Å². The van der Waals surface area contributed by atoms with E-state index in [-0.39, 0.29) is 23.4 Å². The number of nitrogens with zero attached hydrogens (tertiary/aromatic N) is 2. The molecule has 12 aromatic rings. The third kappa shape index (κ3) is 18.8. The van der Waals surface area contributed by atoms with Crippen LogP contribution in [0.3, 0.4) is 0 Å². The van der Waals surface area contributed by atoms with Gasteiger partial charge in [0.2, 0.25) is 0 Å². The molecular formula is C63H52BCl4IN2O4P2Pd. The second kappa shape index (κ2) is 33.9. The Morgan fingerprint density at radius 1 is 0.410 bits per heavy atom. The molecule has 4 aromatic heterocycles. The monoisotopic (exact) mass is 1350 g/mol. The molecule has 0 saturated carbocycles. The second-order valence-corrected chi connectivity index (χ2v) is 24.7. The third-order valence-electron chi connectivity index (χ3n) is 10.9. The van der Waals surface area contributed by atoms with E-state index in [2.05, 4.69) is 215 Å². The Morgan fingerprint density at radius 3 is 0.974 bits per heavy atom. The number of benzene rings is 8. The Bertz CT molecular complexity index is 3250. The first kappa shape index (κ1) is 61.7. The summed E-state index contributed by atoms with van der Waals surface area (Å²) in [6.07, 6.45) is 3.34. The van der Waals surface area contributed by atoms with Crippen LogP contribution in [0.2, 0.25) is 10.0 Å². The zero-order chi connectivity index (χ0) is 54.0. The first-order valence-electron chi connectivity index (χ1n) is 23.7. The minimum absolute atomic E-state index is 0. The summed E-state index contributed by atoms with van der Waals surface area (Å²) in [5.41, 5.74) is 4.45. The molecule has 78 heavy (non-hydrogen) atoms. The van der Waals surface area contributed by atoms with Gasteiger partial charge in [0.15, 0.2) is 14.9 Å². The van der Waals surface area contributed by atoms with Crippen molar-refractivity contribution in [1.82, 2.24) is 9.97 Å². The van der Waals surface area contributed by atoms with Crippen molar-refractivity contribution in [3.8, 4) is 11.3 Å². The fourth-order valence-corrected chi connectivity index (χ4v) is 13.0. The van der Waals surface area contributed by atoms with Crippen molar-refractivity contribution >= 4 is 147 Å². The molecule has 2 N–H and O–H groups in total. The molecule has 0 aliphatic heterocycles. The van der Waals surface area contributed by atoms with Gasteiger partial charge in [-0.15, -0.1) is 0 Å². The molecule has 15 heteroatoms. The fraction of sp³-hybridized carbons (Fsp3) is 0.0159. The molecule has 0 atom stereocenters. The number of hydrogen-bond acceptors (Lipinski definition) is 6. The molecule has 0 spiro atoms. The predicted octanol–water partition coefficient (Wildman–Crippen LogP) is 15.5. The van der Waals surface area contributed by atoms with Gasteiger partial charge in [0.05, 0.1) is 10.0 Å². The van der Waals surface area contributed by atoms with Crippen LogP contribution in [-0.4, -0.2) is 27.1 Å². The molecule has 0 saturated heterocycles. The maximum atomic E-state index is 8.58. The fourth-order valence-electron chi connectivity index (χ4n) is 7.51. The quantitative estimate of drug-likeness (QED) is 0.0895. The molecule has 396 valence electrons. The van der Waals surface area contributed by atoms with E-state index < -0.39 is 23.0 Å². The van der Waals surface area contributed by atoms with Crippen molar-refractivity contribution in [2.45, 2.75) is 7.43 Å². The molecular weight excluding hydrogens is 1300 g/mol. The van der Waals surface area contributed by atoms with E-state index in [0.29, 0.717) is 26.7 Å². The van der Waals surface area contributed by atoms with Gasteiger partial charge in [-0.1, -0.05) is 273 Å². The van der Waals surface area contributed by atoms with E-state index >= 15 is 0 Å². The summed E-state index contributed by atoms with van der Waals surface area (Å²) in [5.74, 6) is 0.788. The number of rotatable bonds is 8. The van der Waals surface area contributed by atoms with Crippen LogP contribution in [0, 0.1) is 3.77 Å². The van der Waals surface area contributed by atoms with Crippen LogP contribution in [-0.2, 0) is 15.9 Å². The van der Waals surface area contributed by atoms with Gasteiger partial charge in [0.25, 0.3) is 0 Å². The van der Waals surface area contributed by atoms with Crippen molar-refractivity contribution in [3.05, 3.63) is 293 Å². The topological polar surface area (TPSA) is 92.5 Å². The first-order valence-corrected chi connectivity index (χ1v) is 32.2. The van der Waals surface area contributed by atoms with Crippen LogP contribution in [0.15, 0.2) is 288 Å². The Morgan fingerprint density at radius 2 is 0.692 bits per heavy atom. The summed E-state index contributed by atoms with van der Waals surface area (Å²) in [6.45, 7) is 0. The first-order chi connectivity index (χ1) is 37.7. The maximum Gasteiger partial charge on any atom is -0.0134 e. The van der Waals surface area contributed by atoms with Crippen LogP contribution in [0.5, 0.6) is 0 Å². The minimum atomic E-state index is -1.34. The summed E-state index contributed by atoms with van der Waals surface area (Å²) in [6, 6.07) is 90.4. The van der Waals surface area contributed by atoms with E-state index in [9.17, 15) is 0 Å². The summed E-state index contributed by atoms with van der Waals surface area (Å²) >= 11 is 13.8. The van der Waals surface area contributed by atoms with Crippen LogP contribution in [0.1, 0.15) is 7.43 Å². The smallest absolute Gasteiger partial charge is 0.0134 e. The van der Waals surface area contributed by atoms with Crippen molar-refractivity contribution in [1.29, 1.82) is 0 Å². The van der Waals surface area contributed by atoms with Gasteiger partial charge in [0, 0.05) is 30.1 Å². The van der Waals surface area contributed by atoms with Crippen molar-refractivity contribution in [3.63, 3.8) is 0 Å². The van der Waals surface area contributed by atoms with Gasteiger partial charge in [-0.05, 0) is 87.9 Å². The molecule has 0 aliphatic carbocycles. The number of aromatic nitrogens is 2. The van der Waals surface area contributed by atoms with Crippen LogP contribution >= 0.6 is 80.7 Å². The Kier molecular flexibility index (Phi) is 26.8. The number of halogens is 5. The molecule has 8 aromatic carbocycles. The number of hydrogen-bond donors (Lipinski definition) is 2. The summed E-state index contributed by atoms with van der Waals surface area (Å²) < 4.78 is 11.8. The van der Waals surface area contributed by atoms with Gasteiger partial charge in [-0.3, -0.25) is 9.97 Å². The van der Waals surface area contributed by atoms with Crippen LogP contribution in [0.25, 0.3) is 33.5 Å². The third-order valence-corrected chi connectivity index (χ3v) is 17.0. The Hall–Kier alpha value is -5.46. The van der Waals surface area contributed by atoms with E-state index in [1.165, 1.54) is 31.8 Å². The zero-order valence-electron chi connectivity index (χ0n) is 40.8. The van der Waals surface area contributed by atoms with E-state index in [0.717, 1.165) is 26.1 Å². The largest absolute Gasteiger partial charge is 0.0622 e. The van der Waals surface area contributed by atoms with Gasteiger partial charge in [-0.25, -0.2) is 0 Å². The van der Waals surface area contributed by atoms with Crippen molar-refractivity contribution in [2.75, 3.05) is 0 Å². The molecule has 0 bridgehead atoms. The van der Waals surface area contributed by atoms with Gasteiger partial charge in [-0.2, -0.15) is 0 Å². The minimum Gasteiger partial charge on any atom is -0.0622 e. The van der Waals surface area contributed by atoms with Crippen LogP contribution in [0.4, 0.5) is 0 Å². The molecule has 4 heterocycles. The zero-order valence-corrected chi connectivity index (χ0v) is 49.4. The molecule has 0 fully saturated rings. The number of fused-ring (bicyclic) bond motifs is 2. The van der Waals surface area contributed by atoms with Gasteiger partial charge in [0.1, 0.15) is 16.8 Å². The summed E-state index contributed by atoms with van der Waals surface area (Å²) in [5, 5.41) is 26.7. The standard InChI is InChI=1S/2C18H15P.C13H8ClNO.C7H3ClINO.C6H7BO2.CH4.2ClH.Pd/c2*1-4-10-16(11-5-1)19(17-12-6-2-7-13-17)18-14-8-3-9-15-18;14-10-6-7-15-11-8-12(16-13(10)11)9-4-2-1-3-5-9;8-4-1-2-10-5-3-6(9)11-7(4)5;8-7(9)6-4-2-1-3-5-6;;;;/h2*1-15H;1-8H;1-3H;1-5,8-9H;1H4;2*1H;/q;;;;;;;;+2/p-2. The van der Waals surface area contributed by atoms with Gasteiger partial charge >= 0.3 is 42.1 Å². The number of pyridine rings is 2. The average Bonchev–Trinajstić information content (AvgIpc) is 4.13.